The van der Waals surface area contributed by atoms with Crippen LogP contribution >= 0.6 is 0 Å². The molecule has 2 atom stereocenters. The van der Waals surface area contributed by atoms with E-state index in [4.69, 9.17) is 5.11 Å². The van der Waals surface area contributed by atoms with Gasteiger partial charge in [-0.1, -0.05) is 20.8 Å². The molecule has 0 aromatic heterocycles. The third kappa shape index (κ3) is 6.64. The van der Waals surface area contributed by atoms with Crippen LogP contribution in [-0.2, 0) is 4.79 Å². The van der Waals surface area contributed by atoms with Crippen molar-refractivity contribution in [3.05, 3.63) is 0 Å². The minimum atomic E-state index is -0.242. The van der Waals surface area contributed by atoms with Gasteiger partial charge in [-0.3, -0.25) is 4.79 Å². The van der Waals surface area contributed by atoms with Crippen molar-refractivity contribution in [2.45, 2.75) is 66.1 Å². The molecule has 17 heavy (non-hydrogen) atoms. The van der Waals surface area contributed by atoms with Gasteiger partial charge < -0.3 is 15.7 Å². The molecule has 0 bridgehead atoms. The topological polar surface area (TPSA) is 61.4 Å². The lowest BCUT2D eigenvalue weighted by molar-refractivity contribution is -0.123. The molecule has 3 N–H and O–H groups in total. The first-order valence-corrected chi connectivity index (χ1v) is 6.35. The third-order valence-corrected chi connectivity index (χ3v) is 2.74. The Morgan fingerprint density at radius 3 is 2.12 bits per heavy atom. The average Bonchev–Trinajstić information content (AvgIpc) is 2.14. The van der Waals surface area contributed by atoms with Gasteiger partial charge in [0.2, 0.25) is 5.91 Å². The monoisotopic (exact) mass is 244 g/mol. The van der Waals surface area contributed by atoms with Gasteiger partial charge in [0.15, 0.2) is 0 Å². The Labute approximate surface area is 105 Å². The van der Waals surface area contributed by atoms with Crippen molar-refractivity contribution in [3.63, 3.8) is 0 Å². The quantitative estimate of drug-likeness (QED) is 0.660. The Morgan fingerprint density at radius 2 is 1.76 bits per heavy atom. The standard InChI is InChI=1S/C13H28N2O2/c1-9(2)14-12(17)10(3)15-11(7-8-16)13(4,5)6/h9-11,15-16H,7-8H2,1-6H3,(H,14,17). The summed E-state index contributed by atoms with van der Waals surface area (Å²) < 4.78 is 0. The van der Waals surface area contributed by atoms with Gasteiger partial charge in [-0.15, -0.1) is 0 Å². The molecule has 2 unspecified atom stereocenters. The first-order valence-electron chi connectivity index (χ1n) is 6.35. The van der Waals surface area contributed by atoms with Gasteiger partial charge in [-0.05, 0) is 32.6 Å². The van der Waals surface area contributed by atoms with Crippen LogP contribution in [0.2, 0.25) is 0 Å². The molecule has 0 saturated heterocycles. The Morgan fingerprint density at radius 1 is 1.24 bits per heavy atom. The van der Waals surface area contributed by atoms with E-state index in [1.165, 1.54) is 0 Å². The molecule has 0 radical (unpaired) electrons. The van der Waals surface area contributed by atoms with Gasteiger partial charge in [0.05, 0.1) is 6.04 Å². The van der Waals surface area contributed by atoms with Gasteiger partial charge in [0.1, 0.15) is 0 Å². The maximum atomic E-state index is 11.8. The zero-order chi connectivity index (χ0) is 13.6. The highest BCUT2D eigenvalue weighted by atomic mass is 16.3. The van der Waals surface area contributed by atoms with Crippen molar-refractivity contribution in [3.8, 4) is 0 Å². The molecule has 4 heteroatoms. The zero-order valence-electron chi connectivity index (χ0n) is 12.0. The summed E-state index contributed by atoms with van der Waals surface area (Å²) in [5, 5.41) is 15.2. The van der Waals surface area contributed by atoms with Crippen molar-refractivity contribution in [2.75, 3.05) is 6.61 Å². The van der Waals surface area contributed by atoms with Crippen molar-refractivity contribution in [2.24, 2.45) is 5.41 Å². The Hall–Kier alpha value is -0.610. The number of aliphatic hydroxyl groups excluding tert-OH is 1. The molecule has 0 fully saturated rings. The second-order valence-corrected chi connectivity index (χ2v) is 5.98. The number of aliphatic hydroxyl groups is 1. The van der Waals surface area contributed by atoms with Crippen LogP contribution in [0.25, 0.3) is 0 Å². The maximum Gasteiger partial charge on any atom is 0.237 e. The molecule has 0 saturated carbocycles. The lowest BCUT2D eigenvalue weighted by Crippen LogP contribution is -2.52. The number of amides is 1. The molecule has 0 aromatic rings. The SMILES string of the molecule is CC(C)NC(=O)C(C)NC(CCO)C(C)(C)C. The van der Waals surface area contributed by atoms with Crippen LogP contribution in [0.3, 0.4) is 0 Å². The molecule has 0 aliphatic heterocycles. The molecule has 0 heterocycles. The van der Waals surface area contributed by atoms with E-state index in [0.29, 0.717) is 6.42 Å². The van der Waals surface area contributed by atoms with Crippen LogP contribution in [0, 0.1) is 5.41 Å². The molecule has 0 aliphatic carbocycles. The maximum absolute atomic E-state index is 11.8. The van der Waals surface area contributed by atoms with Gasteiger partial charge in [-0.2, -0.15) is 0 Å². The van der Waals surface area contributed by atoms with E-state index >= 15 is 0 Å². The van der Waals surface area contributed by atoms with Gasteiger partial charge in [0.25, 0.3) is 0 Å². The Balaban J connectivity index is 4.40. The molecular formula is C13H28N2O2. The Kier molecular flexibility index (Phi) is 6.72. The summed E-state index contributed by atoms with van der Waals surface area (Å²) in [6.45, 7) is 12.2. The van der Waals surface area contributed by atoms with Crippen molar-refractivity contribution < 1.29 is 9.90 Å². The normalized spacial score (nSPS) is 15.8. The minimum Gasteiger partial charge on any atom is -0.396 e. The van der Waals surface area contributed by atoms with Crippen LogP contribution in [0.5, 0.6) is 0 Å². The molecule has 1 amide bonds. The van der Waals surface area contributed by atoms with Gasteiger partial charge >= 0.3 is 0 Å². The second-order valence-electron chi connectivity index (χ2n) is 5.98. The van der Waals surface area contributed by atoms with E-state index in [0.717, 1.165) is 0 Å². The van der Waals surface area contributed by atoms with Crippen LogP contribution < -0.4 is 10.6 Å². The highest BCUT2D eigenvalue weighted by molar-refractivity contribution is 5.81. The summed E-state index contributed by atoms with van der Waals surface area (Å²) in [5.74, 6) is 0.00666. The van der Waals surface area contributed by atoms with Crippen molar-refractivity contribution in [1.82, 2.24) is 10.6 Å². The van der Waals surface area contributed by atoms with Crippen molar-refractivity contribution >= 4 is 5.91 Å². The fourth-order valence-corrected chi connectivity index (χ4v) is 1.68. The second kappa shape index (κ2) is 6.97. The first-order chi connectivity index (χ1) is 7.68. The van der Waals surface area contributed by atoms with Crippen LogP contribution in [0.4, 0.5) is 0 Å². The number of rotatable bonds is 6. The molecule has 4 nitrogen and oxygen atoms in total. The molecular weight excluding hydrogens is 216 g/mol. The van der Waals surface area contributed by atoms with E-state index < -0.39 is 0 Å². The highest BCUT2D eigenvalue weighted by Gasteiger charge is 2.27. The molecule has 0 rings (SSSR count). The first kappa shape index (κ1) is 16.4. The highest BCUT2D eigenvalue weighted by Crippen LogP contribution is 2.22. The smallest absolute Gasteiger partial charge is 0.237 e. The van der Waals surface area contributed by atoms with Crippen LogP contribution in [-0.4, -0.2) is 35.7 Å². The zero-order valence-corrected chi connectivity index (χ0v) is 12.0. The van der Waals surface area contributed by atoms with Crippen LogP contribution in [0.15, 0.2) is 0 Å². The van der Waals surface area contributed by atoms with E-state index in [-0.39, 0.29) is 36.1 Å². The number of carbonyl (C=O) groups excluding carboxylic acids is 1. The lowest BCUT2D eigenvalue weighted by atomic mass is 9.84. The molecule has 0 spiro atoms. The van der Waals surface area contributed by atoms with E-state index in [1.807, 2.05) is 20.8 Å². The summed E-state index contributed by atoms with van der Waals surface area (Å²) >= 11 is 0. The van der Waals surface area contributed by atoms with E-state index in [2.05, 4.69) is 31.4 Å². The lowest BCUT2D eigenvalue weighted by Gasteiger charge is -2.33. The molecule has 102 valence electrons. The Bertz CT molecular complexity index is 234. The largest absolute Gasteiger partial charge is 0.396 e. The summed E-state index contributed by atoms with van der Waals surface area (Å²) in [6.07, 6.45) is 0.656. The fourth-order valence-electron chi connectivity index (χ4n) is 1.68. The number of carbonyl (C=O) groups is 1. The minimum absolute atomic E-state index is 0.00666. The van der Waals surface area contributed by atoms with E-state index in [1.54, 1.807) is 0 Å². The molecule has 0 aromatic carbocycles. The van der Waals surface area contributed by atoms with Gasteiger partial charge in [0, 0.05) is 18.7 Å². The molecule has 0 aliphatic rings. The number of hydrogen-bond donors (Lipinski definition) is 3. The summed E-state index contributed by atoms with van der Waals surface area (Å²) in [6, 6.07) is 0.0336. The predicted molar refractivity (Wildman–Crippen MR) is 70.8 cm³/mol. The number of hydrogen-bond acceptors (Lipinski definition) is 3. The summed E-state index contributed by atoms with van der Waals surface area (Å²) in [5.41, 5.74) is 0.0229. The summed E-state index contributed by atoms with van der Waals surface area (Å²) in [7, 11) is 0. The summed E-state index contributed by atoms with van der Waals surface area (Å²) in [4.78, 5) is 11.8. The third-order valence-electron chi connectivity index (χ3n) is 2.74. The van der Waals surface area contributed by atoms with Crippen molar-refractivity contribution in [1.29, 1.82) is 0 Å². The fraction of sp³-hybridized carbons (Fsp3) is 0.923. The number of nitrogens with one attached hydrogen (secondary N) is 2. The van der Waals surface area contributed by atoms with E-state index in [9.17, 15) is 4.79 Å². The average molecular weight is 244 g/mol. The van der Waals surface area contributed by atoms with Gasteiger partial charge in [-0.25, -0.2) is 0 Å². The van der Waals surface area contributed by atoms with Crippen LogP contribution in [0.1, 0.15) is 48.0 Å². The predicted octanol–water partition coefficient (Wildman–Crippen LogP) is 1.29.